The molecule has 0 unspecified atom stereocenters. The van der Waals surface area contributed by atoms with Gasteiger partial charge in [-0.25, -0.2) is 0 Å². The average molecular weight is 675 g/mol. The van der Waals surface area contributed by atoms with Crippen molar-refractivity contribution in [1.29, 1.82) is 0 Å². The zero-order valence-electron chi connectivity index (χ0n) is 29.2. The zero-order chi connectivity index (χ0) is 35.2. The van der Waals surface area contributed by atoms with Gasteiger partial charge in [0.15, 0.2) is 0 Å². The molecular formula is C41H46N4O5. The Morgan fingerprint density at radius 2 is 1.74 bits per heavy atom. The molecule has 2 heterocycles. The number of rotatable bonds is 11. The molecule has 5 aromatic rings. The lowest BCUT2D eigenvalue weighted by Gasteiger charge is -2.34. The highest BCUT2D eigenvalue weighted by molar-refractivity contribution is 5.96. The number of anilines is 1. The standard InChI is InChI=1S/C41H46N4O5/c1-28-23-45(29(2)27-46)41(48)22-31-20-33(42-40(47)21-32-25-44(4)37-13-9-8-12-36(32)37)16-19-38(31)50-39(28)26-43(3)24-30-14-17-35(18-15-30)49-34-10-6-5-7-11-34/h5-20,25,28-29,39,46H,21-24,26-27H2,1-4H3,(H,42,47)/t28-,29+,39-/m0/s1. The third-order valence-corrected chi connectivity index (χ3v) is 9.38. The number of carbonyl (C=O) groups excluding carboxylic acids is 2. The highest BCUT2D eigenvalue weighted by atomic mass is 16.5. The first-order valence-corrected chi connectivity index (χ1v) is 17.2. The number of aromatic nitrogens is 1. The van der Waals surface area contributed by atoms with Gasteiger partial charge in [0.25, 0.3) is 0 Å². The number of amides is 2. The Morgan fingerprint density at radius 3 is 2.50 bits per heavy atom. The summed E-state index contributed by atoms with van der Waals surface area (Å²) < 4.78 is 14.7. The second-order valence-corrected chi connectivity index (χ2v) is 13.5. The van der Waals surface area contributed by atoms with Crippen LogP contribution in [0.2, 0.25) is 0 Å². The summed E-state index contributed by atoms with van der Waals surface area (Å²) >= 11 is 0. The molecule has 0 fully saturated rings. The second-order valence-electron chi connectivity index (χ2n) is 13.5. The molecule has 0 saturated heterocycles. The SMILES string of the molecule is C[C@H](CO)N1C[C@H](C)[C@H](CN(C)Cc2ccc(Oc3ccccc3)cc2)Oc2ccc(NC(=O)Cc3cn(C)c4ccccc34)cc2CC1=O. The first-order valence-electron chi connectivity index (χ1n) is 17.2. The molecule has 2 N–H and O–H groups in total. The highest BCUT2D eigenvalue weighted by Crippen LogP contribution is 2.30. The van der Waals surface area contributed by atoms with Crippen LogP contribution in [0.1, 0.15) is 30.5 Å². The zero-order valence-corrected chi connectivity index (χ0v) is 29.2. The molecule has 6 rings (SSSR count). The van der Waals surface area contributed by atoms with E-state index in [-0.39, 0.29) is 49.3 Å². The molecule has 0 radical (unpaired) electrons. The molecule has 0 saturated carbocycles. The van der Waals surface area contributed by atoms with Gasteiger partial charge < -0.3 is 29.4 Å². The number of aliphatic hydroxyl groups is 1. The summed E-state index contributed by atoms with van der Waals surface area (Å²) in [5.74, 6) is 1.94. The predicted octanol–water partition coefficient (Wildman–Crippen LogP) is 6.43. The number of aliphatic hydroxyl groups excluding tert-OH is 1. The van der Waals surface area contributed by atoms with E-state index in [0.717, 1.165) is 33.5 Å². The van der Waals surface area contributed by atoms with Gasteiger partial charge in [-0.05, 0) is 73.6 Å². The lowest BCUT2D eigenvalue weighted by atomic mass is 10.0. The van der Waals surface area contributed by atoms with Crippen LogP contribution in [0, 0.1) is 5.92 Å². The van der Waals surface area contributed by atoms with Crippen molar-refractivity contribution >= 4 is 28.4 Å². The maximum absolute atomic E-state index is 13.7. The number of nitrogens with one attached hydrogen (secondary N) is 1. The van der Waals surface area contributed by atoms with Gasteiger partial charge in [0, 0.05) is 61.0 Å². The van der Waals surface area contributed by atoms with Gasteiger partial charge in [0.1, 0.15) is 23.4 Å². The van der Waals surface area contributed by atoms with Gasteiger partial charge in [0.2, 0.25) is 11.8 Å². The molecule has 3 atom stereocenters. The van der Waals surface area contributed by atoms with Crippen molar-refractivity contribution in [2.45, 2.75) is 45.4 Å². The first-order chi connectivity index (χ1) is 24.2. The van der Waals surface area contributed by atoms with Crippen LogP contribution < -0.4 is 14.8 Å². The Bertz CT molecular complexity index is 1920. The van der Waals surface area contributed by atoms with E-state index >= 15 is 0 Å². The summed E-state index contributed by atoms with van der Waals surface area (Å²) in [4.78, 5) is 30.9. The number of likely N-dealkylation sites (N-methyl/N-ethyl adjacent to an activating group) is 1. The molecular weight excluding hydrogens is 628 g/mol. The maximum Gasteiger partial charge on any atom is 0.228 e. The van der Waals surface area contributed by atoms with Crippen molar-refractivity contribution in [2.75, 3.05) is 32.1 Å². The van der Waals surface area contributed by atoms with Gasteiger partial charge in [-0.2, -0.15) is 0 Å². The Labute approximate surface area is 294 Å². The summed E-state index contributed by atoms with van der Waals surface area (Å²) in [5.41, 5.74) is 4.47. The molecule has 4 aromatic carbocycles. The molecule has 0 bridgehead atoms. The number of para-hydroxylation sites is 2. The molecule has 50 heavy (non-hydrogen) atoms. The van der Waals surface area contributed by atoms with E-state index in [1.165, 1.54) is 0 Å². The summed E-state index contributed by atoms with van der Waals surface area (Å²) in [6.45, 7) is 5.58. The van der Waals surface area contributed by atoms with Crippen LogP contribution in [0.25, 0.3) is 10.9 Å². The minimum atomic E-state index is -0.343. The van der Waals surface area contributed by atoms with Crippen molar-refractivity contribution in [3.8, 4) is 17.2 Å². The molecule has 9 heteroatoms. The first kappa shape index (κ1) is 34.7. The van der Waals surface area contributed by atoms with Gasteiger partial charge in [0.05, 0.1) is 25.5 Å². The number of nitrogens with zero attached hydrogens (tertiary/aromatic N) is 3. The number of ether oxygens (including phenoxy) is 2. The third-order valence-electron chi connectivity index (χ3n) is 9.38. The average Bonchev–Trinajstić information content (AvgIpc) is 3.44. The number of carbonyl (C=O) groups is 2. The number of benzene rings is 4. The van der Waals surface area contributed by atoms with Gasteiger partial charge in [-0.3, -0.25) is 14.5 Å². The predicted molar refractivity (Wildman–Crippen MR) is 197 cm³/mol. The van der Waals surface area contributed by atoms with E-state index in [0.29, 0.717) is 36.6 Å². The summed E-state index contributed by atoms with van der Waals surface area (Å²) in [6.07, 6.45) is 2.07. The Hall–Kier alpha value is -5.12. The molecule has 1 aliphatic rings. The molecule has 1 aromatic heterocycles. The lowest BCUT2D eigenvalue weighted by molar-refractivity contribution is -0.134. The van der Waals surface area contributed by atoms with Crippen LogP contribution >= 0.6 is 0 Å². The van der Waals surface area contributed by atoms with Crippen LogP contribution in [-0.2, 0) is 36.0 Å². The molecule has 1 aliphatic heterocycles. The van der Waals surface area contributed by atoms with Crippen LogP contribution in [0.4, 0.5) is 5.69 Å². The van der Waals surface area contributed by atoms with Crippen molar-refractivity contribution < 1.29 is 24.2 Å². The van der Waals surface area contributed by atoms with Crippen molar-refractivity contribution in [2.24, 2.45) is 13.0 Å². The molecule has 2 amide bonds. The van der Waals surface area contributed by atoms with Crippen LogP contribution in [0.3, 0.4) is 0 Å². The summed E-state index contributed by atoms with van der Waals surface area (Å²) in [6, 6.07) is 31.0. The topological polar surface area (TPSA) is 96.3 Å². The Kier molecular flexibility index (Phi) is 10.8. The molecule has 260 valence electrons. The fraction of sp³-hybridized carbons (Fsp3) is 0.317. The highest BCUT2D eigenvalue weighted by Gasteiger charge is 2.31. The van der Waals surface area contributed by atoms with Crippen LogP contribution in [0.5, 0.6) is 17.2 Å². The van der Waals surface area contributed by atoms with E-state index in [9.17, 15) is 14.7 Å². The molecule has 0 aliphatic carbocycles. The van der Waals surface area contributed by atoms with E-state index < -0.39 is 0 Å². The fourth-order valence-electron chi connectivity index (χ4n) is 6.64. The number of hydrogen-bond donors (Lipinski definition) is 2. The molecule has 0 spiro atoms. The summed E-state index contributed by atoms with van der Waals surface area (Å²) in [7, 11) is 4.04. The van der Waals surface area contributed by atoms with Gasteiger partial charge in [-0.1, -0.05) is 55.5 Å². The molecule has 9 nitrogen and oxygen atoms in total. The van der Waals surface area contributed by atoms with E-state index in [1.807, 2.05) is 110 Å². The lowest BCUT2D eigenvalue weighted by Crippen LogP contribution is -2.47. The van der Waals surface area contributed by atoms with Crippen LogP contribution in [-0.4, -0.2) is 70.2 Å². The van der Waals surface area contributed by atoms with Crippen LogP contribution in [0.15, 0.2) is 103 Å². The largest absolute Gasteiger partial charge is 0.488 e. The minimum Gasteiger partial charge on any atom is -0.488 e. The number of aryl methyl sites for hydroxylation is 1. The third kappa shape index (κ3) is 8.35. The normalized spacial score (nSPS) is 17.0. The second kappa shape index (κ2) is 15.6. The van der Waals surface area contributed by atoms with Crippen molar-refractivity contribution in [3.05, 3.63) is 120 Å². The monoisotopic (exact) mass is 674 g/mol. The number of hydrogen-bond acceptors (Lipinski definition) is 6. The number of fused-ring (bicyclic) bond motifs is 2. The summed E-state index contributed by atoms with van der Waals surface area (Å²) in [5, 5.41) is 14.1. The minimum absolute atomic E-state index is 0.0249. The van der Waals surface area contributed by atoms with Crippen molar-refractivity contribution in [3.63, 3.8) is 0 Å². The van der Waals surface area contributed by atoms with Gasteiger partial charge in [-0.15, -0.1) is 0 Å². The maximum atomic E-state index is 13.7. The van der Waals surface area contributed by atoms with E-state index in [4.69, 9.17) is 9.47 Å². The van der Waals surface area contributed by atoms with Crippen molar-refractivity contribution in [1.82, 2.24) is 14.4 Å². The Morgan fingerprint density at radius 1 is 1.02 bits per heavy atom. The Balaban J connectivity index is 1.17. The van der Waals surface area contributed by atoms with E-state index in [2.05, 4.69) is 36.3 Å². The van der Waals surface area contributed by atoms with E-state index in [1.54, 1.807) is 4.90 Å². The smallest absolute Gasteiger partial charge is 0.228 e. The van der Waals surface area contributed by atoms with Gasteiger partial charge >= 0.3 is 0 Å². The fourth-order valence-corrected chi connectivity index (χ4v) is 6.64. The quantitative estimate of drug-likeness (QED) is 0.168.